The number of nitrogens with zero attached hydrogens (tertiary/aromatic N) is 4. The largest absolute Gasteiger partial charge is 0.367 e. The van der Waals surface area contributed by atoms with Gasteiger partial charge in [-0.1, -0.05) is 6.92 Å². The predicted molar refractivity (Wildman–Crippen MR) is 98.6 cm³/mol. The Balaban J connectivity index is 1.60. The summed E-state index contributed by atoms with van der Waals surface area (Å²) >= 11 is 1.74. The Kier molecular flexibility index (Phi) is 5.30. The van der Waals surface area contributed by atoms with Crippen LogP contribution in [0, 0.1) is 0 Å². The summed E-state index contributed by atoms with van der Waals surface area (Å²) in [5.41, 5.74) is 0. The summed E-state index contributed by atoms with van der Waals surface area (Å²) in [7, 11) is 3.62. The third-order valence-corrected chi connectivity index (χ3v) is 5.70. The van der Waals surface area contributed by atoms with Crippen LogP contribution in [0.3, 0.4) is 0 Å². The lowest BCUT2D eigenvalue weighted by Gasteiger charge is -2.32. The fourth-order valence-electron chi connectivity index (χ4n) is 2.96. The van der Waals surface area contributed by atoms with Crippen LogP contribution in [-0.4, -0.2) is 65.4 Å². The molecule has 24 heavy (non-hydrogen) atoms. The number of likely N-dealkylation sites (tertiary alicyclic amines) is 1. The van der Waals surface area contributed by atoms with E-state index in [1.807, 2.05) is 14.1 Å². The van der Waals surface area contributed by atoms with Crippen LogP contribution in [0.15, 0.2) is 12.4 Å². The summed E-state index contributed by atoms with van der Waals surface area (Å²) in [6.07, 6.45) is 4.72. The summed E-state index contributed by atoms with van der Waals surface area (Å²) in [5, 5.41) is 4.72. The van der Waals surface area contributed by atoms with Crippen molar-refractivity contribution in [2.75, 3.05) is 39.0 Å². The highest BCUT2D eigenvalue weighted by atomic mass is 32.1. The maximum absolute atomic E-state index is 11.8. The first-order chi connectivity index (χ1) is 11.6. The summed E-state index contributed by atoms with van der Waals surface area (Å²) < 4.78 is 0. The normalized spacial score (nSPS) is 16.5. The Labute approximate surface area is 146 Å². The number of hydrogen-bond donors (Lipinski definition) is 1. The number of likely N-dealkylation sites (N-methyl/N-ethyl adjacent to an activating group) is 1. The molecular formula is C17H25N5OS. The van der Waals surface area contributed by atoms with Crippen molar-refractivity contribution in [3.05, 3.63) is 17.3 Å². The van der Waals surface area contributed by atoms with E-state index < -0.39 is 0 Å². The molecule has 1 saturated heterocycles. The minimum absolute atomic E-state index is 0.171. The number of fused-ring (bicyclic) bond motifs is 1. The fraction of sp³-hybridized carbons (Fsp3) is 0.588. The van der Waals surface area contributed by atoms with Crippen LogP contribution in [0.4, 0.5) is 5.82 Å². The lowest BCUT2D eigenvalue weighted by molar-refractivity contribution is -0.130. The van der Waals surface area contributed by atoms with Gasteiger partial charge in [0.25, 0.3) is 0 Å². The van der Waals surface area contributed by atoms with Crippen LogP contribution in [0.1, 0.15) is 24.6 Å². The Morgan fingerprint density at radius 3 is 2.79 bits per heavy atom. The van der Waals surface area contributed by atoms with Gasteiger partial charge in [-0.25, -0.2) is 9.97 Å². The maximum atomic E-state index is 11.8. The lowest BCUT2D eigenvalue weighted by atomic mass is 10.0. The van der Waals surface area contributed by atoms with Crippen LogP contribution in [0.5, 0.6) is 0 Å². The first kappa shape index (κ1) is 17.1. The smallest absolute Gasteiger partial charge is 0.236 e. The average molecular weight is 347 g/mol. The molecule has 0 spiro atoms. The second-order valence-electron chi connectivity index (χ2n) is 6.49. The summed E-state index contributed by atoms with van der Waals surface area (Å²) in [5.74, 6) is 1.11. The number of carbonyl (C=O) groups is 1. The molecule has 0 atom stereocenters. The number of aromatic nitrogens is 2. The van der Waals surface area contributed by atoms with E-state index in [0.717, 1.165) is 48.4 Å². The molecule has 0 unspecified atom stereocenters. The molecule has 2 aromatic rings. The van der Waals surface area contributed by atoms with Gasteiger partial charge in [0, 0.05) is 38.1 Å². The third kappa shape index (κ3) is 3.84. The van der Waals surface area contributed by atoms with Crippen molar-refractivity contribution in [3.63, 3.8) is 0 Å². The molecule has 0 radical (unpaired) electrons. The Hall–Kier alpha value is -1.73. The molecule has 1 aliphatic rings. The van der Waals surface area contributed by atoms with E-state index in [1.54, 1.807) is 22.6 Å². The van der Waals surface area contributed by atoms with Gasteiger partial charge in [0.2, 0.25) is 5.91 Å². The van der Waals surface area contributed by atoms with Gasteiger partial charge in [0.15, 0.2) is 0 Å². The number of aryl methyl sites for hydroxylation is 1. The number of hydrogen-bond acceptors (Lipinski definition) is 6. The quantitative estimate of drug-likeness (QED) is 0.899. The highest BCUT2D eigenvalue weighted by Gasteiger charge is 2.22. The first-order valence-corrected chi connectivity index (χ1v) is 9.31. The van der Waals surface area contributed by atoms with Gasteiger partial charge >= 0.3 is 0 Å². The number of nitrogens with one attached hydrogen (secondary N) is 1. The summed E-state index contributed by atoms with van der Waals surface area (Å²) in [6.45, 7) is 4.56. The molecule has 1 amide bonds. The van der Waals surface area contributed by atoms with E-state index >= 15 is 0 Å². The average Bonchev–Trinajstić information content (AvgIpc) is 3.01. The molecule has 6 nitrogen and oxygen atoms in total. The molecule has 0 aliphatic carbocycles. The third-order valence-electron chi connectivity index (χ3n) is 4.51. The van der Waals surface area contributed by atoms with Gasteiger partial charge in [-0.05, 0) is 25.3 Å². The van der Waals surface area contributed by atoms with Crippen molar-refractivity contribution in [1.82, 2.24) is 19.8 Å². The zero-order valence-corrected chi connectivity index (χ0v) is 15.4. The molecule has 2 aromatic heterocycles. The number of thiophene rings is 1. The van der Waals surface area contributed by atoms with Crippen LogP contribution in [0.2, 0.25) is 0 Å². The molecule has 0 saturated carbocycles. The van der Waals surface area contributed by atoms with Crippen molar-refractivity contribution >= 4 is 33.3 Å². The zero-order valence-electron chi connectivity index (χ0n) is 14.6. The molecule has 3 rings (SSSR count). The van der Waals surface area contributed by atoms with Crippen LogP contribution < -0.4 is 5.32 Å². The highest BCUT2D eigenvalue weighted by Crippen LogP contribution is 2.29. The van der Waals surface area contributed by atoms with Gasteiger partial charge in [0.05, 0.1) is 11.9 Å². The van der Waals surface area contributed by atoms with Crippen LogP contribution >= 0.6 is 11.3 Å². The standard InChI is InChI=1S/C17H25N5OS/c1-4-13-9-14-16(18-11-19-17(14)24-13)20-12-5-7-22(8-6-12)10-15(23)21(2)3/h9,11-12H,4-8,10H2,1-3H3,(H,18,19,20). The predicted octanol–water partition coefficient (Wildman–Crippen LogP) is 2.22. The number of piperidine rings is 1. The van der Waals surface area contributed by atoms with E-state index in [2.05, 4.69) is 33.2 Å². The number of rotatable bonds is 5. The zero-order chi connectivity index (χ0) is 17.1. The molecule has 0 aromatic carbocycles. The van der Waals surface area contributed by atoms with Crippen molar-refractivity contribution < 1.29 is 4.79 Å². The Morgan fingerprint density at radius 1 is 1.38 bits per heavy atom. The topological polar surface area (TPSA) is 61.4 Å². The van der Waals surface area contributed by atoms with Crippen molar-refractivity contribution in [2.24, 2.45) is 0 Å². The number of anilines is 1. The molecule has 7 heteroatoms. The number of amides is 1. The lowest BCUT2D eigenvalue weighted by Crippen LogP contribution is -2.44. The van der Waals surface area contributed by atoms with E-state index in [-0.39, 0.29) is 5.91 Å². The van der Waals surface area contributed by atoms with Crippen molar-refractivity contribution in [3.8, 4) is 0 Å². The Bertz CT molecular complexity index is 706. The van der Waals surface area contributed by atoms with Crippen molar-refractivity contribution in [1.29, 1.82) is 0 Å². The molecular weight excluding hydrogens is 322 g/mol. The second kappa shape index (κ2) is 7.44. The maximum Gasteiger partial charge on any atom is 0.236 e. The van der Waals surface area contributed by atoms with Gasteiger partial charge in [-0.15, -0.1) is 11.3 Å². The molecule has 1 N–H and O–H groups in total. The molecule has 3 heterocycles. The van der Waals surface area contributed by atoms with Gasteiger partial charge < -0.3 is 10.2 Å². The summed E-state index contributed by atoms with van der Waals surface area (Å²) in [4.78, 5) is 26.9. The fourth-order valence-corrected chi connectivity index (χ4v) is 3.89. The molecule has 130 valence electrons. The minimum Gasteiger partial charge on any atom is -0.367 e. The molecule has 1 aliphatic heterocycles. The Morgan fingerprint density at radius 2 is 2.12 bits per heavy atom. The SMILES string of the molecule is CCc1cc2c(NC3CCN(CC(=O)N(C)C)CC3)ncnc2s1. The van der Waals surface area contributed by atoms with Crippen LogP contribution in [-0.2, 0) is 11.2 Å². The highest BCUT2D eigenvalue weighted by molar-refractivity contribution is 7.18. The van der Waals surface area contributed by atoms with Crippen molar-refractivity contribution in [2.45, 2.75) is 32.2 Å². The van der Waals surface area contributed by atoms with E-state index in [4.69, 9.17) is 0 Å². The summed E-state index contributed by atoms with van der Waals surface area (Å²) in [6, 6.07) is 2.60. The van der Waals surface area contributed by atoms with Gasteiger partial charge in [-0.2, -0.15) is 0 Å². The molecule has 1 fully saturated rings. The van der Waals surface area contributed by atoms with Gasteiger partial charge in [0.1, 0.15) is 17.0 Å². The first-order valence-electron chi connectivity index (χ1n) is 8.49. The second-order valence-corrected chi connectivity index (χ2v) is 7.61. The van der Waals surface area contributed by atoms with Gasteiger partial charge in [-0.3, -0.25) is 9.69 Å². The monoisotopic (exact) mass is 347 g/mol. The number of carbonyl (C=O) groups excluding carboxylic acids is 1. The van der Waals surface area contributed by atoms with E-state index in [0.29, 0.717) is 12.6 Å². The van der Waals surface area contributed by atoms with E-state index in [9.17, 15) is 4.79 Å². The van der Waals surface area contributed by atoms with E-state index in [1.165, 1.54) is 4.88 Å². The minimum atomic E-state index is 0.171. The molecule has 0 bridgehead atoms. The van der Waals surface area contributed by atoms with Crippen LogP contribution in [0.25, 0.3) is 10.2 Å².